The summed E-state index contributed by atoms with van der Waals surface area (Å²) >= 11 is 12.5. The van der Waals surface area contributed by atoms with Crippen LogP contribution in [-0.4, -0.2) is 106 Å². The minimum atomic E-state index is -1.04. The minimum Gasteiger partial charge on any atom is -0.482 e. The zero-order valence-electron chi connectivity index (χ0n) is 32.6. The number of nitrogen functional groups attached to an aromatic ring is 1. The summed E-state index contributed by atoms with van der Waals surface area (Å²) in [5.41, 5.74) is 8.76. The van der Waals surface area contributed by atoms with Gasteiger partial charge >= 0.3 is 0 Å². The Morgan fingerprint density at radius 2 is 1.77 bits per heavy atom. The third-order valence-electron chi connectivity index (χ3n) is 10.7. The number of carbonyl (C=O) groups excluding carboxylic acids is 5. The predicted octanol–water partition coefficient (Wildman–Crippen LogP) is 5.21. The molecule has 0 aliphatic carbocycles. The second-order valence-electron chi connectivity index (χ2n) is 14.5. The van der Waals surface area contributed by atoms with Gasteiger partial charge in [-0.05, 0) is 56.5 Å². The first kappa shape index (κ1) is 42.5. The fourth-order valence-corrected chi connectivity index (χ4v) is 8.18. The summed E-state index contributed by atoms with van der Waals surface area (Å²) in [5, 5.41) is 10.1. The van der Waals surface area contributed by atoms with Gasteiger partial charge in [-0.2, -0.15) is 5.10 Å². The van der Waals surface area contributed by atoms with E-state index in [1.54, 1.807) is 37.5 Å². The average molecular weight is 866 g/mol. The van der Waals surface area contributed by atoms with E-state index in [0.717, 1.165) is 28.9 Å². The number of anilines is 2. The van der Waals surface area contributed by atoms with Gasteiger partial charge in [0.05, 0.1) is 61.2 Å². The van der Waals surface area contributed by atoms with Crippen molar-refractivity contribution in [2.45, 2.75) is 57.2 Å². The van der Waals surface area contributed by atoms with Gasteiger partial charge in [0, 0.05) is 65.8 Å². The molecule has 2 atom stereocenters. The molecule has 2 unspecified atom stereocenters. The number of pyridine rings is 1. The SMILES string of the molecule is CC(Oc1cc(-c2cnn(C3CCN(C(=O)CCOCCOCCNc4cccc5c4C(=O)N(C4CCC(=O)NC4=O)C5=O)CC3)c2)cnc1N)c1c(Cl)ccc(F)c1Cl. The van der Waals surface area contributed by atoms with Crippen LogP contribution in [0.25, 0.3) is 11.1 Å². The molecule has 7 rings (SSSR count). The van der Waals surface area contributed by atoms with Crippen molar-refractivity contribution in [2.24, 2.45) is 0 Å². The van der Waals surface area contributed by atoms with Crippen LogP contribution in [0.3, 0.4) is 0 Å². The molecule has 0 spiro atoms. The molecule has 0 radical (unpaired) electrons. The Morgan fingerprint density at radius 3 is 2.53 bits per heavy atom. The molecule has 5 amide bonds. The molecule has 316 valence electrons. The van der Waals surface area contributed by atoms with Gasteiger partial charge in [-0.25, -0.2) is 9.37 Å². The van der Waals surface area contributed by atoms with Gasteiger partial charge in [-0.1, -0.05) is 29.3 Å². The third-order valence-corrected chi connectivity index (χ3v) is 11.4. The van der Waals surface area contributed by atoms with Gasteiger partial charge in [0.2, 0.25) is 17.7 Å². The number of benzene rings is 2. The van der Waals surface area contributed by atoms with Crippen molar-refractivity contribution in [1.29, 1.82) is 0 Å². The maximum Gasteiger partial charge on any atom is 0.264 e. The Labute approximate surface area is 354 Å². The Bertz CT molecular complexity index is 2300. The highest BCUT2D eigenvalue weighted by Gasteiger charge is 2.45. The van der Waals surface area contributed by atoms with Crippen LogP contribution in [0.5, 0.6) is 5.75 Å². The molecular formula is C41H43Cl2FN8O8. The van der Waals surface area contributed by atoms with Gasteiger partial charge < -0.3 is 30.2 Å². The van der Waals surface area contributed by atoms with E-state index in [9.17, 15) is 28.4 Å². The summed E-state index contributed by atoms with van der Waals surface area (Å²) in [6.45, 7) is 4.31. The van der Waals surface area contributed by atoms with E-state index in [2.05, 4.69) is 20.7 Å². The van der Waals surface area contributed by atoms with Crippen molar-refractivity contribution < 1.29 is 42.6 Å². The zero-order valence-corrected chi connectivity index (χ0v) is 34.1. The molecular weight excluding hydrogens is 822 g/mol. The number of halogens is 3. The van der Waals surface area contributed by atoms with Gasteiger partial charge in [0.15, 0.2) is 11.6 Å². The molecule has 2 aromatic heterocycles. The fraction of sp³-hybridized carbons (Fsp3) is 0.390. The topological polar surface area (TPSA) is 200 Å². The van der Waals surface area contributed by atoms with Crippen LogP contribution in [-0.2, 0) is 23.9 Å². The number of imide groups is 2. The van der Waals surface area contributed by atoms with E-state index in [1.165, 1.54) is 18.2 Å². The maximum atomic E-state index is 14.1. The summed E-state index contributed by atoms with van der Waals surface area (Å²) in [7, 11) is 0. The van der Waals surface area contributed by atoms with Gasteiger partial charge in [0.1, 0.15) is 18.0 Å². The Morgan fingerprint density at radius 1 is 1.00 bits per heavy atom. The van der Waals surface area contributed by atoms with E-state index in [-0.39, 0.29) is 83.8 Å². The van der Waals surface area contributed by atoms with Crippen LogP contribution in [0.2, 0.25) is 10.0 Å². The first-order valence-electron chi connectivity index (χ1n) is 19.5. The van der Waals surface area contributed by atoms with E-state index in [0.29, 0.717) is 37.5 Å². The summed E-state index contributed by atoms with van der Waals surface area (Å²) in [6.07, 6.45) is 6.38. The summed E-state index contributed by atoms with van der Waals surface area (Å²) in [5.74, 6) is -2.41. The number of fused-ring (bicyclic) bond motifs is 1. The molecule has 0 saturated carbocycles. The van der Waals surface area contributed by atoms with E-state index in [1.807, 2.05) is 15.8 Å². The molecule has 3 aliphatic rings. The molecule has 2 aromatic carbocycles. The lowest BCUT2D eigenvalue weighted by Crippen LogP contribution is -2.54. The highest BCUT2D eigenvalue weighted by Crippen LogP contribution is 2.37. The predicted molar refractivity (Wildman–Crippen MR) is 218 cm³/mol. The van der Waals surface area contributed by atoms with Gasteiger partial charge in [0.25, 0.3) is 11.8 Å². The molecule has 3 aliphatic heterocycles. The lowest BCUT2D eigenvalue weighted by molar-refractivity contribution is -0.136. The van der Waals surface area contributed by atoms with Crippen molar-refractivity contribution in [1.82, 2.24) is 29.9 Å². The number of likely N-dealkylation sites (tertiary alicyclic amines) is 1. The lowest BCUT2D eigenvalue weighted by atomic mass is 10.0. The number of rotatable bonds is 16. The molecule has 16 nitrogen and oxygen atoms in total. The second kappa shape index (κ2) is 18.8. The van der Waals surface area contributed by atoms with Gasteiger partial charge in [-0.15, -0.1) is 0 Å². The van der Waals surface area contributed by atoms with Crippen molar-refractivity contribution in [3.8, 4) is 16.9 Å². The molecule has 5 heterocycles. The number of hydrogen-bond donors (Lipinski definition) is 3. The van der Waals surface area contributed by atoms with Crippen molar-refractivity contribution in [3.63, 3.8) is 0 Å². The fourth-order valence-electron chi connectivity index (χ4n) is 7.50. The van der Waals surface area contributed by atoms with Crippen molar-refractivity contribution >= 4 is 64.2 Å². The normalized spacial score (nSPS) is 17.5. The Balaban J connectivity index is 0.793. The highest BCUT2D eigenvalue weighted by molar-refractivity contribution is 6.36. The van der Waals surface area contributed by atoms with Crippen LogP contribution in [0.15, 0.2) is 55.0 Å². The minimum absolute atomic E-state index is 0.00911. The van der Waals surface area contributed by atoms with E-state index in [4.69, 9.17) is 43.1 Å². The summed E-state index contributed by atoms with van der Waals surface area (Å²) < 4.78 is 33.4. The van der Waals surface area contributed by atoms with Crippen LogP contribution in [0, 0.1) is 5.82 Å². The lowest BCUT2D eigenvalue weighted by Gasteiger charge is -2.32. The number of aromatic nitrogens is 3. The molecule has 2 saturated heterocycles. The first-order valence-corrected chi connectivity index (χ1v) is 20.3. The van der Waals surface area contributed by atoms with E-state index >= 15 is 0 Å². The zero-order chi connectivity index (χ0) is 42.5. The quantitative estimate of drug-likeness (QED) is 0.0756. The number of amides is 5. The molecule has 2 fully saturated rings. The number of ether oxygens (including phenoxy) is 3. The summed E-state index contributed by atoms with van der Waals surface area (Å²) in [4.78, 5) is 70.2. The standard InChI is InChI=1S/C41H43Cl2FN8O8/c1-23(35-28(42)5-6-29(44)37(35)43)60-32-19-24(20-47-38(32)45)25-21-48-51(22-25)26-9-13-50(14-10-26)34(54)11-15-58-17-18-59-16-12-46-30-4-2-3-27-36(30)41(57)52(40(27)56)31-7-8-33(53)49-39(31)55/h2-6,19-23,26,31,46H,7-18H2,1H3,(H2,45,47)(H,49,53,55). The smallest absolute Gasteiger partial charge is 0.264 e. The Hall–Kier alpha value is -5.62. The Kier molecular flexibility index (Phi) is 13.3. The number of hydrogen-bond acceptors (Lipinski definition) is 12. The van der Waals surface area contributed by atoms with Crippen molar-refractivity contribution in [2.75, 3.05) is 57.1 Å². The van der Waals surface area contributed by atoms with E-state index < -0.39 is 41.6 Å². The molecule has 0 bridgehead atoms. The van der Waals surface area contributed by atoms with Crippen LogP contribution in [0.1, 0.15) is 77.5 Å². The third kappa shape index (κ3) is 9.23. The highest BCUT2D eigenvalue weighted by atomic mass is 35.5. The molecule has 60 heavy (non-hydrogen) atoms. The monoisotopic (exact) mass is 864 g/mol. The van der Waals surface area contributed by atoms with Crippen LogP contribution in [0.4, 0.5) is 15.9 Å². The number of nitrogens with one attached hydrogen (secondary N) is 2. The maximum absolute atomic E-state index is 14.1. The molecule has 4 N–H and O–H groups in total. The van der Waals surface area contributed by atoms with Crippen LogP contribution >= 0.6 is 23.2 Å². The number of nitrogens with two attached hydrogens (primary N) is 1. The molecule has 4 aromatic rings. The second-order valence-corrected chi connectivity index (χ2v) is 15.3. The molecule has 19 heteroatoms. The largest absolute Gasteiger partial charge is 0.482 e. The first-order chi connectivity index (χ1) is 28.9. The van der Waals surface area contributed by atoms with Crippen LogP contribution < -0.4 is 21.1 Å². The van der Waals surface area contributed by atoms with Gasteiger partial charge in [-0.3, -0.25) is 38.9 Å². The van der Waals surface area contributed by atoms with Crippen molar-refractivity contribution in [3.05, 3.63) is 87.5 Å². The number of nitrogens with zero attached hydrogens (tertiary/aromatic N) is 5. The summed E-state index contributed by atoms with van der Waals surface area (Å²) in [6, 6.07) is 8.27. The number of carbonyl (C=O) groups is 5. The number of piperidine rings is 2. The average Bonchev–Trinajstić information content (AvgIpc) is 3.83.